The molecule has 6 heteroatoms. The highest BCUT2D eigenvalue weighted by Gasteiger charge is 2.20. The highest BCUT2D eigenvalue weighted by molar-refractivity contribution is 5.90. The van der Waals surface area contributed by atoms with Crippen LogP contribution >= 0.6 is 0 Å². The molecule has 0 amide bonds. The Kier molecular flexibility index (Phi) is 4.14. The largest absolute Gasteiger partial charge is 0.478 e. The van der Waals surface area contributed by atoms with Crippen LogP contribution in [0.3, 0.4) is 0 Å². The minimum atomic E-state index is -1.18. The normalized spacial score (nSPS) is 11.2. The van der Waals surface area contributed by atoms with Crippen molar-refractivity contribution in [2.75, 3.05) is 11.9 Å². The van der Waals surface area contributed by atoms with Crippen LogP contribution in [0.1, 0.15) is 36.7 Å². The van der Waals surface area contributed by atoms with E-state index in [1.165, 1.54) is 6.07 Å². The molecular formula is C13H18N2O4. The number of rotatable bonds is 4. The van der Waals surface area contributed by atoms with Gasteiger partial charge < -0.3 is 10.4 Å². The van der Waals surface area contributed by atoms with E-state index < -0.39 is 10.9 Å². The van der Waals surface area contributed by atoms with Crippen LogP contribution in [0.15, 0.2) is 12.1 Å². The van der Waals surface area contributed by atoms with Gasteiger partial charge in [0.25, 0.3) is 5.69 Å². The number of nitrogens with one attached hydrogen (secondary N) is 1. The number of carboxylic acids is 1. The molecule has 0 aliphatic heterocycles. The summed E-state index contributed by atoms with van der Waals surface area (Å²) in [7, 11) is 0. The molecule has 0 aromatic heterocycles. The van der Waals surface area contributed by atoms with Crippen molar-refractivity contribution in [2.45, 2.75) is 27.7 Å². The number of nitro benzene ring substituents is 1. The van der Waals surface area contributed by atoms with Gasteiger partial charge in [-0.25, -0.2) is 4.79 Å². The molecule has 1 rings (SSSR count). The lowest BCUT2D eigenvalue weighted by Crippen LogP contribution is -2.20. The molecule has 0 saturated carbocycles. The molecule has 0 aliphatic carbocycles. The Morgan fingerprint density at radius 3 is 2.42 bits per heavy atom. The lowest BCUT2D eigenvalue weighted by atomic mass is 9.96. The SMILES string of the molecule is Cc1c(NCC(C)(C)C)cc(C(=O)O)cc1[N+](=O)[O-]. The number of carbonyl (C=O) groups is 1. The number of nitro groups is 1. The summed E-state index contributed by atoms with van der Waals surface area (Å²) in [6.45, 7) is 8.25. The molecule has 2 N–H and O–H groups in total. The van der Waals surface area contributed by atoms with E-state index in [1.807, 2.05) is 20.8 Å². The van der Waals surface area contributed by atoms with Crippen LogP contribution in [0.2, 0.25) is 0 Å². The third kappa shape index (κ3) is 3.94. The maximum Gasteiger partial charge on any atom is 0.336 e. The summed E-state index contributed by atoms with van der Waals surface area (Å²) in [4.78, 5) is 21.4. The molecule has 0 radical (unpaired) electrons. The number of nitrogens with zero attached hydrogens (tertiary/aromatic N) is 1. The molecule has 0 spiro atoms. The van der Waals surface area contributed by atoms with E-state index in [4.69, 9.17) is 5.11 Å². The van der Waals surface area contributed by atoms with E-state index in [1.54, 1.807) is 6.92 Å². The van der Waals surface area contributed by atoms with Crippen molar-refractivity contribution >= 4 is 17.3 Å². The lowest BCUT2D eigenvalue weighted by Gasteiger charge is -2.20. The molecule has 0 aliphatic rings. The Labute approximate surface area is 111 Å². The summed E-state index contributed by atoms with van der Waals surface area (Å²) in [5.74, 6) is -1.18. The number of aromatic carboxylic acids is 1. The molecule has 104 valence electrons. The van der Waals surface area contributed by atoms with Gasteiger partial charge in [-0.3, -0.25) is 10.1 Å². The first-order valence-electron chi connectivity index (χ1n) is 5.88. The Morgan fingerprint density at radius 1 is 1.42 bits per heavy atom. The Morgan fingerprint density at radius 2 is 2.00 bits per heavy atom. The molecule has 6 nitrogen and oxygen atoms in total. The van der Waals surface area contributed by atoms with E-state index in [9.17, 15) is 14.9 Å². The molecule has 0 bridgehead atoms. The monoisotopic (exact) mass is 266 g/mol. The number of benzene rings is 1. The molecular weight excluding hydrogens is 248 g/mol. The van der Waals surface area contributed by atoms with Crippen molar-refractivity contribution < 1.29 is 14.8 Å². The molecule has 19 heavy (non-hydrogen) atoms. The molecule has 0 fully saturated rings. The van der Waals surface area contributed by atoms with Crippen LogP contribution < -0.4 is 5.32 Å². The van der Waals surface area contributed by atoms with Crippen LogP contribution in [0, 0.1) is 22.5 Å². The van der Waals surface area contributed by atoms with Crippen LogP contribution in [-0.4, -0.2) is 22.5 Å². The third-order valence-electron chi connectivity index (χ3n) is 2.63. The van der Waals surface area contributed by atoms with Crippen LogP contribution in [0.5, 0.6) is 0 Å². The van der Waals surface area contributed by atoms with Gasteiger partial charge >= 0.3 is 5.97 Å². The van der Waals surface area contributed by atoms with Gasteiger partial charge in [0.15, 0.2) is 0 Å². The van der Waals surface area contributed by atoms with Gasteiger partial charge in [-0.1, -0.05) is 20.8 Å². The van der Waals surface area contributed by atoms with Crippen molar-refractivity contribution in [3.63, 3.8) is 0 Å². The molecule has 1 aromatic carbocycles. The first-order valence-corrected chi connectivity index (χ1v) is 5.88. The topological polar surface area (TPSA) is 92.5 Å². The van der Waals surface area contributed by atoms with Gasteiger partial charge in [0.2, 0.25) is 0 Å². The third-order valence-corrected chi connectivity index (χ3v) is 2.63. The van der Waals surface area contributed by atoms with Gasteiger partial charge in [-0.2, -0.15) is 0 Å². The number of carboxylic acid groups (broad SMARTS) is 1. The van der Waals surface area contributed by atoms with Crippen LogP contribution in [0.4, 0.5) is 11.4 Å². The summed E-state index contributed by atoms with van der Waals surface area (Å²) in [6, 6.07) is 2.51. The predicted molar refractivity (Wildman–Crippen MR) is 72.7 cm³/mol. The van der Waals surface area contributed by atoms with Crippen molar-refractivity contribution in [2.24, 2.45) is 5.41 Å². The van der Waals surface area contributed by atoms with Gasteiger partial charge in [0, 0.05) is 23.9 Å². The van der Waals surface area contributed by atoms with Crippen molar-refractivity contribution in [1.29, 1.82) is 0 Å². The molecule has 0 heterocycles. The van der Waals surface area contributed by atoms with Crippen LogP contribution in [0.25, 0.3) is 0 Å². The number of hydrogen-bond donors (Lipinski definition) is 2. The van der Waals surface area contributed by atoms with Crippen molar-refractivity contribution in [3.8, 4) is 0 Å². The zero-order valence-electron chi connectivity index (χ0n) is 11.5. The fraction of sp³-hybridized carbons (Fsp3) is 0.462. The number of anilines is 1. The van der Waals surface area contributed by atoms with Gasteiger partial charge in [0.1, 0.15) is 0 Å². The second-order valence-corrected chi connectivity index (χ2v) is 5.64. The fourth-order valence-electron chi connectivity index (χ4n) is 1.56. The zero-order valence-corrected chi connectivity index (χ0v) is 11.5. The Balaban J connectivity index is 3.22. The van der Waals surface area contributed by atoms with Crippen molar-refractivity contribution in [1.82, 2.24) is 0 Å². The Hall–Kier alpha value is -2.11. The maximum atomic E-state index is 11.0. The van der Waals surface area contributed by atoms with Gasteiger partial charge in [0.05, 0.1) is 10.5 Å². The highest BCUT2D eigenvalue weighted by Crippen LogP contribution is 2.28. The van der Waals surface area contributed by atoms with E-state index in [-0.39, 0.29) is 16.7 Å². The summed E-state index contributed by atoms with van der Waals surface area (Å²) in [6.07, 6.45) is 0. The predicted octanol–water partition coefficient (Wildman–Crippen LogP) is 3.06. The first kappa shape index (κ1) is 14.9. The standard InChI is InChI=1S/C13H18N2O4/c1-8-10(14-7-13(2,3)4)5-9(12(16)17)6-11(8)15(18)19/h5-6,14H,7H2,1-4H3,(H,16,17). The van der Waals surface area contributed by atoms with Crippen molar-refractivity contribution in [3.05, 3.63) is 33.4 Å². The maximum absolute atomic E-state index is 11.0. The molecule has 0 saturated heterocycles. The summed E-state index contributed by atoms with van der Waals surface area (Å²) >= 11 is 0. The molecule has 0 atom stereocenters. The van der Waals surface area contributed by atoms with Crippen LogP contribution in [-0.2, 0) is 0 Å². The lowest BCUT2D eigenvalue weighted by molar-refractivity contribution is -0.385. The smallest absolute Gasteiger partial charge is 0.336 e. The second kappa shape index (κ2) is 5.26. The van der Waals surface area contributed by atoms with Gasteiger partial charge in [-0.15, -0.1) is 0 Å². The summed E-state index contributed by atoms with van der Waals surface area (Å²) in [5, 5.41) is 23.0. The quantitative estimate of drug-likeness (QED) is 0.645. The van der Waals surface area contributed by atoms with Gasteiger partial charge in [-0.05, 0) is 18.4 Å². The molecule has 1 aromatic rings. The average Bonchev–Trinajstić information content (AvgIpc) is 2.25. The summed E-state index contributed by atoms with van der Waals surface area (Å²) in [5.41, 5.74) is 0.645. The van der Waals surface area contributed by atoms with E-state index in [2.05, 4.69) is 5.32 Å². The first-order chi connectivity index (χ1) is 8.61. The van der Waals surface area contributed by atoms with E-state index >= 15 is 0 Å². The second-order valence-electron chi connectivity index (χ2n) is 5.64. The fourth-order valence-corrected chi connectivity index (χ4v) is 1.56. The minimum Gasteiger partial charge on any atom is -0.478 e. The minimum absolute atomic E-state index is 0.0134. The summed E-state index contributed by atoms with van der Waals surface area (Å²) < 4.78 is 0. The zero-order chi connectivity index (χ0) is 14.8. The Bertz CT molecular complexity index is 518. The number of hydrogen-bond acceptors (Lipinski definition) is 4. The van der Waals surface area contributed by atoms with E-state index in [0.29, 0.717) is 17.8 Å². The van der Waals surface area contributed by atoms with E-state index in [0.717, 1.165) is 6.07 Å². The highest BCUT2D eigenvalue weighted by atomic mass is 16.6. The molecule has 0 unspecified atom stereocenters. The average molecular weight is 266 g/mol.